The first-order valence-corrected chi connectivity index (χ1v) is 8.29. The summed E-state index contributed by atoms with van der Waals surface area (Å²) in [6.45, 7) is 5.60. The van der Waals surface area contributed by atoms with Crippen molar-refractivity contribution < 1.29 is 5.11 Å². The summed E-state index contributed by atoms with van der Waals surface area (Å²) in [4.78, 5) is 2.40. The third kappa shape index (κ3) is 4.21. The van der Waals surface area contributed by atoms with Crippen molar-refractivity contribution in [2.45, 2.75) is 32.2 Å². The molecule has 1 aliphatic rings. The van der Waals surface area contributed by atoms with Gasteiger partial charge in [-0.15, -0.1) is 0 Å². The summed E-state index contributed by atoms with van der Waals surface area (Å²) in [5, 5.41) is 13.7. The number of nitrogens with zero attached hydrogens (tertiary/aromatic N) is 1. The van der Waals surface area contributed by atoms with Crippen LogP contribution in [0.1, 0.15) is 37.8 Å². The number of phenolic OH excluding ortho intramolecular Hbond substituents is 1. The van der Waals surface area contributed by atoms with Crippen molar-refractivity contribution in [1.82, 2.24) is 10.2 Å². The van der Waals surface area contributed by atoms with E-state index in [0.717, 1.165) is 28.9 Å². The lowest BCUT2D eigenvalue weighted by atomic mass is 9.95. The summed E-state index contributed by atoms with van der Waals surface area (Å²) < 4.78 is 1.02. The molecule has 1 atom stereocenters. The number of aromatic hydroxyl groups is 1. The SMILES string of the molecule is CCC(NCC1CCN(C)CC1)c1cc(Br)ccc1O. The van der Waals surface area contributed by atoms with E-state index in [4.69, 9.17) is 0 Å². The van der Waals surface area contributed by atoms with Crippen LogP contribution in [-0.2, 0) is 0 Å². The van der Waals surface area contributed by atoms with Gasteiger partial charge in [0, 0.05) is 16.1 Å². The second-order valence-electron chi connectivity index (χ2n) is 5.82. The number of hydrogen-bond donors (Lipinski definition) is 2. The summed E-state index contributed by atoms with van der Waals surface area (Å²) in [7, 11) is 2.19. The highest BCUT2D eigenvalue weighted by Crippen LogP contribution is 2.29. The van der Waals surface area contributed by atoms with E-state index >= 15 is 0 Å². The monoisotopic (exact) mass is 340 g/mol. The molecular formula is C16H25BrN2O. The molecule has 1 saturated heterocycles. The number of likely N-dealkylation sites (tertiary alicyclic amines) is 1. The fourth-order valence-corrected chi connectivity index (χ4v) is 3.23. The molecule has 0 radical (unpaired) electrons. The van der Waals surface area contributed by atoms with Crippen LogP contribution in [0.4, 0.5) is 0 Å². The zero-order valence-corrected chi connectivity index (χ0v) is 14.0. The molecule has 1 aromatic carbocycles. The standard InChI is InChI=1S/C16H25BrN2O/c1-3-15(14-10-13(17)4-5-16(14)20)18-11-12-6-8-19(2)9-7-12/h4-5,10,12,15,18,20H,3,6-9,11H2,1-2H3. The molecule has 3 nitrogen and oxygen atoms in total. The first kappa shape index (κ1) is 15.8. The predicted octanol–water partition coefficient (Wildman–Crippen LogP) is 3.54. The van der Waals surface area contributed by atoms with Gasteiger partial charge in [-0.25, -0.2) is 0 Å². The van der Waals surface area contributed by atoms with Gasteiger partial charge in [0.05, 0.1) is 0 Å². The molecular weight excluding hydrogens is 316 g/mol. The average molecular weight is 341 g/mol. The maximum Gasteiger partial charge on any atom is 0.120 e. The highest BCUT2D eigenvalue weighted by molar-refractivity contribution is 9.10. The van der Waals surface area contributed by atoms with E-state index in [9.17, 15) is 5.11 Å². The molecule has 0 aliphatic carbocycles. The number of rotatable bonds is 5. The maximum absolute atomic E-state index is 10.0. The minimum Gasteiger partial charge on any atom is -0.508 e. The van der Waals surface area contributed by atoms with Crippen molar-refractivity contribution in [2.75, 3.05) is 26.7 Å². The van der Waals surface area contributed by atoms with Crippen LogP contribution in [0.25, 0.3) is 0 Å². The third-order valence-electron chi connectivity index (χ3n) is 4.26. The Morgan fingerprint density at radius 3 is 2.75 bits per heavy atom. The Labute approximate surface area is 130 Å². The first-order chi connectivity index (χ1) is 9.60. The van der Waals surface area contributed by atoms with E-state index in [1.165, 1.54) is 25.9 Å². The smallest absolute Gasteiger partial charge is 0.120 e. The van der Waals surface area contributed by atoms with Crippen molar-refractivity contribution in [3.63, 3.8) is 0 Å². The molecule has 20 heavy (non-hydrogen) atoms. The molecule has 0 bridgehead atoms. The van der Waals surface area contributed by atoms with Crippen molar-refractivity contribution in [3.8, 4) is 5.75 Å². The molecule has 1 unspecified atom stereocenters. The molecule has 1 fully saturated rings. The van der Waals surface area contributed by atoms with Crippen molar-refractivity contribution >= 4 is 15.9 Å². The highest BCUT2D eigenvalue weighted by Gasteiger charge is 2.19. The van der Waals surface area contributed by atoms with E-state index in [-0.39, 0.29) is 6.04 Å². The van der Waals surface area contributed by atoms with Crippen LogP contribution in [0, 0.1) is 5.92 Å². The number of hydrogen-bond acceptors (Lipinski definition) is 3. The van der Waals surface area contributed by atoms with Crippen molar-refractivity contribution in [1.29, 1.82) is 0 Å². The normalized spacial score (nSPS) is 19.1. The number of nitrogens with one attached hydrogen (secondary N) is 1. The van der Waals surface area contributed by atoms with Crippen LogP contribution in [0.3, 0.4) is 0 Å². The predicted molar refractivity (Wildman–Crippen MR) is 87.1 cm³/mol. The van der Waals surface area contributed by atoms with E-state index < -0.39 is 0 Å². The number of phenols is 1. The molecule has 1 aromatic rings. The molecule has 4 heteroatoms. The zero-order chi connectivity index (χ0) is 14.5. The molecule has 0 aromatic heterocycles. The summed E-state index contributed by atoms with van der Waals surface area (Å²) in [6.07, 6.45) is 3.52. The van der Waals surface area contributed by atoms with Crippen molar-refractivity contribution in [3.05, 3.63) is 28.2 Å². The Kier molecular flexibility index (Phi) is 5.87. The highest BCUT2D eigenvalue weighted by atomic mass is 79.9. The minimum atomic E-state index is 0.229. The summed E-state index contributed by atoms with van der Waals surface area (Å²) in [6, 6.07) is 5.89. The van der Waals surface area contributed by atoms with Gasteiger partial charge >= 0.3 is 0 Å². The quantitative estimate of drug-likeness (QED) is 0.860. The summed E-state index contributed by atoms with van der Waals surface area (Å²) >= 11 is 3.48. The van der Waals surface area contributed by atoms with Gasteiger partial charge < -0.3 is 15.3 Å². The average Bonchev–Trinajstić information content (AvgIpc) is 2.45. The van der Waals surface area contributed by atoms with Gasteiger partial charge in [-0.3, -0.25) is 0 Å². The molecule has 0 spiro atoms. The minimum absolute atomic E-state index is 0.229. The molecule has 112 valence electrons. The molecule has 0 amide bonds. The Hall–Kier alpha value is -0.580. The summed E-state index contributed by atoms with van der Waals surface area (Å²) in [5.41, 5.74) is 0.995. The lowest BCUT2D eigenvalue weighted by Crippen LogP contribution is -2.36. The van der Waals surface area contributed by atoms with Crippen LogP contribution in [0.15, 0.2) is 22.7 Å². The van der Waals surface area contributed by atoms with Crippen LogP contribution >= 0.6 is 15.9 Å². The van der Waals surface area contributed by atoms with E-state index in [1.54, 1.807) is 6.07 Å². The Morgan fingerprint density at radius 1 is 1.40 bits per heavy atom. The fraction of sp³-hybridized carbons (Fsp3) is 0.625. The van der Waals surface area contributed by atoms with E-state index in [0.29, 0.717) is 5.75 Å². The molecule has 0 saturated carbocycles. The Balaban J connectivity index is 1.93. The van der Waals surface area contributed by atoms with Gasteiger partial charge in [-0.05, 0) is 70.1 Å². The van der Waals surface area contributed by atoms with Crippen LogP contribution in [0.5, 0.6) is 5.75 Å². The van der Waals surface area contributed by atoms with Gasteiger partial charge in [0.2, 0.25) is 0 Å². The van der Waals surface area contributed by atoms with E-state index in [1.807, 2.05) is 12.1 Å². The van der Waals surface area contributed by atoms with E-state index in [2.05, 4.69) is 40.1 Å². The molecule has 1 aliphatic heterocycles. The zero-order valence-electron chi connectivity index (χ0n) is 12.4. The van der Waals surface area contributed by atoms with Gasteiger partial charge in [0.1, 0.15) is 5.75 Å². The number of halogens is 1. The van der Waals surface area contributed by atoms with Crippen LogP contribution < -0.4 is 5.32 Å². The number of benzene rings is 1. The first-order valence-electron chi connectivity index (χ1n) is 7.50. The maximum atomic E-state index is 10.0. The fourth-order valence-electron chi connectivity index (χ4n) is 2.85. The van der Waals surface area contributed by atoms with Gasteiger partial charge in [0.15, 0.2) is 0 Å². The van der Waals surface area contributed by atoms with Gasteiger partial charge in [-0.1, -0.05) is 22.9 Å². The Morgan fingerprint density at radius 2 is 2.10 bits per heavy atom. The van der Waals surface area contributed by atoms with Gasteiger partial charge in [0.25, 0.3) is 0 Å². The molecule has 1 heterocycles. The second kappa shape index (κ2) is 7.43. The Bertz CT molecular complexity index is 430. The molecule has 2 N–H and O–H groups in total. The number of piperidine rings is 1. The largest absolute Gasteiger partial charge is 0.508 e. The topological polar surface area (TPSA) is 35.5 Å². The van der Waals surface area contributed by atoms with Crippen molar-refractivity contribution in [2.24, 2.45) is 5.92 Å². The lowest BCUT2D eigenvalue weighted by molar-refractivity contribution is 0.212. The summed E-state index contributed by atoms with van der Waals surface area (Å²) in [5.74, 6) is 1.14. The molecule has 2 rings (SSSR count). The van der Waals surface area contributed by atoms with Crippen LogP contribution in [0.2, 0.25) is 0 Å². The third-order valence-corrected chi connectivity index (χ3v) is 4.76. The second-order valence-corrected chi connectivity index (χ2v) is 6.73. The lowest BCUT2D eigenvalue weighted by Gasteiger charge is -2.30. The van der Waals surface area contributed by atoms with Crippen LogP contribution in [-0.4, -0.2) is 36.7 Å². The van der Waals surface area contributed by atoms with Gasteiger partial charge in [-0.2, -0.15) is 0 Å².